The van der Waals surface area contributed by atoms with E-state index in [4.69, 9.17) is 19.9 Å². The van der Waals surface area contributed by atoms with Crippen molar-refractivity contribution in [2.24, 2.45) is 5.73 Å². The van der Waals surface area contributed by atoms with E-state index in [1.165, 1.54) is 23.2 Å². The van der Waals surface area contributed by atoms with Crippen LogP contribution in [0.15, 0.2) is 71.5 Å². The molecule has 3 aromatic rings. The summed E-state index contributed by atoms with van der Waals surface area (Å²) in [5.74, 6) is 0.633. The molecule has 1 aliphatic rings. The molecule has 1 aliphatic heterocycles. The first kappa shape index (κ1) is 24.8. The largest absolute Gasteiger partial charge is 0.756 e. The zero-order valence-electron chi connectivity index (χ0n) is 18.5. The number of phosphoric acid groups is 1. The minimum atomic E-state index is -4.88. The molecule has 2 atom stereocenters. The number of hydrogen-bond acceptors (Lipinski definition) is 9. The van der Waals surface area contributed by atoms with Crippen molar-refractivity contribution in [2.45, 2.75) is 19.0 Å². The maximum atomic E-state index is 13.0. The summed E-state index contributed by atoms with van der Waals surface area (Å²) in [6.07, 6.45) is 6.93. The summed E-state index contributed by atoms with van der Waals surface area (Å²) in [6, 6.07) is 11.7. The van der Waals surface area contributed by atoms with E-state index in [0.717, 1.165) is 11.1 Å². The molecule has 0 fully saturated rings. The Hall–Kier alpha value is -3.34. The summed E-state index contributed by atoms with van der Waals surface area (Å²) in [5, 5.41) is 4.08. The fourth-order valence-corrected chi connectivity index (χ4v) is 3.66. The van der Waals surface area contributed by atoms with Gasteiger partial charge in [0, 0.05) is 42.9 Å². The number of nitrogens with two attached hydrogens (primary N) is 1. The molecule has 3 heterocycles. The quantitative estimate of drug-likeness (QED) is 0.397. The number of ether oxygens (including phenoxy) is 1. The molecule has 0 saturated heterocycles. The van der Waals surface area contributed by atoms with E-state index in [0.29, 0.717) is 42.4 Å². The lowest BCUT2D eigenvalue weighted by molar-refractivity contribution is -0.222. The third-order valence-corrected chi connectivity index (χ3v) is 5.62. The van der Waals surface area contributed by atoms with E-state index in [1.807, 2.05) is 6.07 Å². The van der Waals surface area contributed by atoms with E-state index >= 15 is 0 Å². The van der Waals surface area contributed by atoms with Gasteiger partial charge in [-0.1, -0.05) is 29.4 Å². The Morgan fingerprint density at radius 2 is 2.00 bits per heavy atom. The molecule has 0 aliphatic carbocycles. The lowest BCUT2D eigenvalue weighted by Gasteiger charge is -2.31. The van der Waals surface area contributed by atoms with Gasteiger partial charge in [-0.3, -0.25) is 9.09 Å². The van der Waals surface area contributed by atoms with Gasteiger partial charge in [-0.25, -0.2) is 9.37 Å². The first-order chi connectivity index (χ1) is 16.8. The van der Waals surface area contributed by atoms with Crippen LogP contribution in [0.1, 0.15) is 22.6 Å². The molecule has 0 amide bonds. The number of benzene rings is 1. The third-order valence-electron chi connectivity index (χ3n) is 5.18. The van der Waals surface area contributed by atoms with E-state index in [1.54, 1.807) is 42.6 Å². The smallest absolute Gasteiger partial charge is 0.266 e. The first-order valence-corrected chi connectivity index (χ1v) is 12.1. The maximum Gasteiger partial charge on any atom is 0.266 e. The maximum absolute atomic E-state index is 13.0. The van der Waals surface area contributed by atoms with Crippen LogP contribution in [0.25, 0.3) is 5.57 Å². The molecule has 10 nitrogen and oxygen atoms in total. The van der Waals surface area contributed by atoms with Crippen LogP contribution in [0, 0.1) is 5.82 Å². The Bertz CT molecular complexity index is 1240. The van der Waals surface area contributed by atoms with Gasteiger partial charge in [0.1, 0.15) is 18.7 Å². The molecule has 0 radical (unpaired) electrons. The summed E-state index contributed by atoms with van der Waals surface area (Å²) in [7, 11) is -4.88. The Balaban J connectivity index is 1.30. The predicted octanol–water partition coefficient (Wildman–Crippen LogP) is 2.35. The van der Waals surface area contributed by atoms with Crippen LogP contribution in [0.5, 0.6) is 5.88 Å². The molecular formula is C23H23FN4O6P-. The van der Waals surface area contributed by atoms with Crippen LogP contribution in [-0.2, 0) is 21.9 Å². The molecule has 2 aromatic heterocycles. The first-order valence-electron chi connectivity index (χ1n) is 10.6. The number of halogens is 1. The summed E-state index contributed by atoms with van der Waals surface area (Å²) < 4.78 is 39.3. The third kappa shape index (κ3) is 7.08. The van der Waals surface area contributed by atoms with Gasteiger partial charge in [0.05, 0.1) is 12.3 Å². The molecule has 35 heavy (non-hydrogen) atoms. The summed E-state index contributed by atoms with van der Waals surface area (Å²) >= 11 is 0. The minimum Gasteiger partial charge on any atom is -0.756 e. The highest BCUT2D eigenvalue weighted by atomic mass is 31.2. The minimum absolute atomic E-state index is 0.270. The highest BCUT2D eigenvalue weighted by molar-refractivity contribution is 7.44. The fraction of sp³-hybridized carbons (Fsp3) is 0.217. The van der Waals surface area contributed by atoms with Crippen LogP contribution >= 0.6 is 7.82 Å². The van der Waals surface area contributed by atoms with Gasteiger partial charge in [0.2, 0.25) is 5.88 Å². The molecule has 1 aromatic carbocycles. The highest BCUT2D eigenvalue weighted by Crippen LogP contribution is 2.32. The van der Waals surface area contributed by atoms with Crippen molar-refractivity contribution in [1.29, 1.82) is 0 Å². The molecular weight excluding hydrogens is 478 g/mol. The topological polar surface area (TPSA) is 147 Å². The zero-order chi connectivity index (χ0) is 24.8. The molecule has 12 heteroatoms. The summed E-state index contributed by atoms with van der Waals surface area (Å²) in [4.78, 5) is 25.3. The Labute approximate surface area is 200 Å². The zero-order valence-corrected chi connectivity index (χ0v) is 19.4. The molecule has 0 saturated carbocycles. The predicted molar refractivity (Wildman–Crippen MR) is 122 cm³/mol. The number of aromatic nitrogens is 2. The number of allylic oxidation sites excluding steroid dienone is 2. The molecule has 184 valence electrons. The average Bonchev–Trinajstić information content (AvgIpc) is 3.28. The number of rotatable bonds is 10. The Kier molecular flexibility index (Phi) is 7.74. The normalized spacial score (nSPS) is 17.2. The van der Waals surface area contributed by atoms with E-state index < -0.39 is 20.7 Å². The lowest BCUT2D eigenvalue weighted by atomic mass is 10.1. The van der Waals surface area contributed by atoms with Gasteiger partial charge < -0.3 is 29.7 Å². The van der Waals surface area contributed by atoms with Crippen LogP contribution < -0.4 is 15.4 Å². The SMILES string of the molecule is NC1C(c2cc(Cc3ccc(OCCc4ccc(F)cc4)nc3)no2)=CC=CN1COP(=O)([O-])O. The van der Waals surface area contributed by atoms with Crippen molar-refractivity contribution < 1.29 is 32.5 Å². The summed E-state index contributed by atoms with van der Waals surface area (Å²) in [5.41, 5.74) is 9.25. The van der Waals surface area contributed by atoms with Gasteiger partial charge >= 0.3 is 0 Å². The number of pyridine rings is 1. The lowest BCUT2D eigenvalue weighted by Crippen LogP contribution is -2.41. The number of phosphoric ester groups is 1. The van der Waals surface area contributed by atoms with Gasteiger partial charge in [0.25, 0.3) is 7.82 Å². The van der Waals surface area contributed by atoms with E-state index in [2.05, 4.69) is 14.7 Å². The molecule has 0 spiro atoms. The van der Waals surface area contributed by atoms with Crippen LogP contribution in [0.3, 0.4) is 0 Å². The molecule has 3 N–H and O–H groups in total. The second kappa shape index (κ2) is 10.9. The van der Waals surface area contributed by atoms with Crippen LogP contribution in [0.4, 0.5) is 4.39 Å². The fourth-order valence-electron chi connectivity index (χ4n) is 3.38. The number of nitrogens with zero attached hydrogens (tertiary/aromatic N) is 3. The van der Waals surface area contributed by atoms with E-state index in [9.17, 15) is 13.8 Å². The molecule has 2 unspecified atom stereocenters. The van der Waals surface area contributed by atoms with Crippen molar-refractivity contribution in [1.82, 2.24) is 15.0 Å². The van der Waals surface area contributed by atoms with Crippen molar-refractivity contribution >= 4 is 13.4 Å². The Morgan fingerprint density at radius 3 is 2.71 bits per heavy atom. The van der Waals surface area contributed by atoms with Crippen molar-refractivity contribution in [3.8, 4) is 5.88 Å². The average molecular weight is 501 g/mol. The second-order valence-corrected chi connectivity index (χ2v) is 8.93. The van der Waals surface area contributed by atoms with Crippen molar-refractivity contribution in [3.05, 3.63) is 95.4 Å². The monoisotopic (exact) mass is 501 g/mol. The second-order valence-electron chi connectivity index (χ2n) is 7.74. The van der Waals surface area contributed by atoms with Crippen molar-refractivity contribution in [3.63, 3.8) is 0 Å². The van der Waals surface area contributed by atoms with Gasteiger partial charge in [-0.05, 0) is 29.3 Å². The highest BCUT2D eigenvalue weighted by Gasteiger charge is 2.24. The van der Waals surface area contributed by atoms with Gasteiger partial charge in [-0.15, -0.1) is 0 Å². The van der Waals surface area contributed by atoms with Crippen LogP contribution in [0.2, 0.25) is 0 Å². The van der Waals surface area contributed by atoms with Gasteiger partial charge in [0.15, 0.2) is 5.76 Å². The Morgan fingerprint density at radius 1 is 1.23 bits per heavy atom. The van der Waals surface area contributed by atoms with Crippen LogP contribution in [-0.4, -0.2) is 39.4 Å². The van der Waals surface area contributed by atoms with E-state index in [-0.39, 0.29) is 5.82 Å². The van der Waals surface area contributed by atoms with Gasteiger partial charge in [-0.2, -0.15) is 0 Å². The summed E-state index contributed by atoms with van der Waals surface area (Å²) in [6.45, 7) is -0.0293. The molecule has 4 rings (SSSR count). The molecule has 0 bridgehead atoms. The van der Waals surface area contributed by atoms with Crippen molar-refractivity contribution in [2.75, 3.05) is 13.3 Å². The standard InChI is InChI=1S/C23H24FN4O6P/c24-18-6-3-16(4-7-18)9-11-32-22-8-5-17(14-26-22)12-19-13-21(34-27-19)20-2-1-10-28(23(20)25)15-33-35(29,30)31/h1-8,10,13-14,23H,9,11-12,15,25H2,(H2,29,30,31)/p-1. The number of hydrogen-bond donors (Lipinski definition) is 2.